The molecule has 2 nitrogen and oxygen atoms in total. The van der Waals surface area contributed by atoms with Crippen molar-refractivity contribution in [3.8, 4) is 0 Å². The molecule has 0 spiro atoms. The molecular weight excluding hydrogens is 150 g/mol. The normalized spacial score (nSPS) is 38.5. The minimum Gasteiger partial charge on any atom is -0.377 e. The fourth-order valence-electron chi connectivity index (χ4n) is 1.86. The minimum absolute atomic E-state index is 0.0462. The molecule has 1 saturated heterocycles. The summed E-state index contributed by atoms with van der Waals surface area (Å²) >= 11 is 0. The van der Waals surface area contributed by atoms with Crippen molar-refractivity contribution < 1.29 is 4.74 Å². The van der Waals surface area contributed by atoms with Gasteiger partial charge < -0.3 is 10.5 Å². The third kappa shape index (κ3) is 1.99. The van der Waals surface area contributed by atoms with E-state index >= 15 is 0 Å². The van der Waals surface area contributed by atoms with Crippen molar-refractivity contribution in [3.63, 3.8) is 0 Å². The SMILES string of the molecule is CCC(C)CC1(N)CCOC1C. The van der Waals surface area contributed by atoms with E-state index in [4.69, 9.17) is 10.5 Å². The second-order valence-electron chi connectivity index (χ2n) is 4.21. The summed E-state index contributed by atoms with van der Waals surface area (Å²) in [5, 5.41) is 0. The molecule has 3 unspecified atom stereocenters. The molecule has 3 atom stereocenters. The van der Waals surface area contributed by atoms with E-state index < -0.39 is 0 Å². The Morgan fingerprint density at radius 2 is 2.33 bits per heavy atom. The van der Waals surface area contributed by atoms with Gasteiger partial charge in [0.05, 0.1) is 6.10 Å². The second-order valence-corrected chi connectivity index (χ2v) is 4.21. The largest absolute Gasteiger partial charge is 0.377 e. The standard InChI is InChI=1S/C10H21NO/c1-4-8(2)7-10(11)5-6-12-9(10)3/h8-9H,4-7,11H2,1-3H3. The van der Waals surface area contributed by atoms with Crippen LogP contribution in [0.3, 0.4) is 0 Å². The van der Waals surface area contributed by atoms with Gasteiger partial charge >= 0.3 is 0 Å². The Bertz CT molecular complexity index is 149. The molecule has 2 N–H and O–H groups in total. The first-order valence-electron chi connectivity index (χ1n) is 4.99. The van der Waals surface area contributed by atoms with Gasteiger partial charge in [-0.2, -0.15) is 0 Å². The molecule has 12 heavy (non-hydrogen) atoms. The first-order chi connectivity index (χ1) is 5.58. The number of hydrogen-bond donors (Lipinski definition) is 1. The van der Waals surface area contributed by atoms with Crippen molar-refractivity contribution >= 4 is 0 Å². The summed E-state index contributed by atoms with van der Waals surface area (Å²) in [4.78, 5) is 0. The van der Waals surface area contributed by atoms with Gasteiger partial charge in [0.15, 0.2) is 0 Å². The lowest BCUT2D eigenvalue weighted by atomic mass is 9.83. The fraction of sp³-hybridized carbons (Fsp3) is 1.00. The predicted octanol–water partition coefficient (Wildman–Crippen LogP) is 1.93. The smallest absolute Gasteiger partial charge is 0.0727 e. The lowest BCUT2D eigenvalue weighted by molar-refractivity contribution is 0.0878. The zero-order valence-electron chi connectivity index (χ0n) is 8.47. The molecule has 0 bridgehead atoms. The van der Waals surface area contributed by atoms with Gasteiger partial charge in [-0.15, -0.1) is 0 Å². The first-order valence-corrected chi connectivity index (χ1v) is 4.99. The number of ether oxygens (including phenoxy) is 1. The van der Waals surface area contributed by atoms with Crippen LogP contribution in [-0.2, 0) is 4.74 Å². The Hall–Kier alpha value is -0.0800. The van der Waals surface area contributed by atoms with Crippen LogP contribution in [0.15, 0.2) is 0 Å². The molecule has 72 valence electrons. The number of rotatable bonds is 3. The molecule has 1 aliphatic heterocycles. The molecule has 0 radical (unpaired) electrons. The highest BCUT2D eigenvalue weighted by Gasteiger charge is 2.38. The van der Waals surface area contributed by atoms with Gasteiger partial charge in [-0.3, -0.25) is 0 Å². The molecule has 0 saturated carbocycles. The summed E-state index contributed by atoms with van der Waals surface area (Å²) in [7, 11) is 0. The second kappa shape index (κ2) is 3.75. The summed E-state index contributed by atoms with van der Waals surface area (Å²) in [5.74, 6) is 0.721. The molecule has 2 heteroatoms. The minimum atomic E-state index is -0.0462. The van der Waals surface area contributed by atoms with Gasteiger partial charge in [0.1, 0.15) is 0 Å². The van der Waals surface area contributed by atoms with Gasteiger partial charge in [0, 0.05) is 12.1 Å². The first kappa shape index (κ1) is 10.0. The fourth-order valence-corrected chi connectivity index (χ4v) is 1.86. The molecule has 0 aliphatic carbocycles. The van der Waals surface area contributed by atoms with Crippen LogP contribution in [0, 0.1) is 5.92 Å². The molecule has 0 aromatic rings. The van der Waals surface area contributed by atoms with E-state index in [2.05, 4.69) is 20.8 Å². The van der Waals surface area contributed by atoms with E-state index in [0.717, 1.165) is 25.4 Å². The van der Waals surface area contributed by atoms with Crippen LogP contribution in [-0.4, -0.2) is 18.2 Å². The van der Waals surface area contributed by atoms with Crippen LogP contribution < -0.4 is 5.73 Å². The van der Waals surface area contributed by atoms with Crippen molar-refractivity contribution in [1.29, 1.82) is 0 Å². The Labute approximate surface area is 75.5 Å². The third-order valence-electron chi connectivity index (χ3n) is 3.17. The Kier molecular flexibility index (Phi) is 3.13. The van der Waals surface area contributed by atoms with E-state index in [0.29, 0.717) is 0 Å². The average Bonchev–Trinajstić information content (AvgIpc) is 2.32. The van der Waals surface area contributed by atoms with E-state index in [9.17, 15) is 0 Å². The summed E-state index contributed by atoms with van der Waals surface area (Å²) < 4.78 is 5.49. The van der Waals surface area contributed by atoms with E-state index in [-0.39, 0.29) is 11.6 Å². The molecule has 0 amide bonds. The number of nitrogens with two attached hydrogens (primary N) is 1. The lowest BCUT2D eigenvalue weighted by Gasteiger charge is -2.30. The van der Waals surface area contributed by atoms with Gasteiger partial charge in [0.25, 0.3) is 0 Å². The molecular formula is C10H21NO. The number of hydrogen-bond acceptors (Lipinski definition) is 2. The maximum absolute atomic E-state index is 6.25. The van der Waals surface area contributed by atoms with Gasteiger partial charge in [0.2, 0.25) is 0 Å². The maximum atomic E-state index is 6.25. The third-order valence-corrected chi connectivity index (χ3v) is 3.17. The van der Waals surface area contributed by atoms with Gasteiger partial charge in [-0.05, 0) is 25.7 Å². The summed E-state index contributed by atoms with van der Waals surface area (Å²) in [6, 6.07) is 0. The average molecular weight is 171 g/mol. The van der Waals surface area contributed by atoms with Crippen molar-refractivity contribution in [2.75, 3.05) is 6.61 Å². The molecule has 1 heterocycles. The van der Waals surface area contributed by atoms with Crippen molar-refractivity contribution in [1.82, 2.24) is 0 Å². The summed E-state index contributed by atoms with van der Waals surface area (Å²) in [6.45, 7) is 7.41. The molecule has 0 aromatic heterocycles. The van der Waals surface area contributed by atoms with Crippen LogP contribution in [0.5, 0.6) is 0 Å². The molecule has 1 rings (SSSR count). The Balaban J connectivity index is 2.47. The molecule has 1 fully saturated rings. The Morgan fingerprint density at radius 1 is 1.67 bits per heavy atom. The Morgan fingerprint density at radius 3 is 2.75 bits per heavy atom. The van der Waals surface area contributed by atoms with Gasteiger partial charge in [-0.25, -0.2) is 0 Å². The van der Waals surface area contributed by atoms with Crippen LogP contribution in [0.2, 0.25) is 0 Å². The monoisotopic (exact) mass is 171 g/mol. The highest BCUT2D eigenvalue weighted by molar-refractivity contribution is 4.95. The summed E-state index contributed by atoms with van der Waals surface area (Å²) in [6.07, 6.45) is 3.58. The van der Waals surface area contributed by atoms with Crippen LogP contribution in [0.25, 0.3) is 0 Å². The quantitative estimate of drug-likeness (QED) is 0.704. The maximum Gasteiger partial charge on any atom is 0.0727 e. The highest BCUT2D eigenvalue weighted by Crippen LogP contribution is 2.30. The topological polar surface area (TPSA) is 35.2 Å². The van der Waals surface area contributed by atoms with Crippen molar-refractivity contribution in [2.24, 2.45) is 11.7 Å². The van der Waals surface area contributed by atoms with E-state index in [1.807, 2.05) is 0 Å². The van der Waals surface area contributed by atoms with Crippen LogP contribution in [0.1, 0.15) is 40.0 Å². The zero-order chi connectivity index (χ0) is 9.19. The van der Waals surface area contributed by atoms with E-state index in [1.165, 1.54) is 6.42 Å². The molecule has 0 aromatic carbocycles. The highest BCUT2D eigenvalue weighted by atomic mass is 16.5. The van der Waals surface area contributed by atoms with Crippen LogP contribution in [0.4, 0.5) is 0 Å². The van der Waals surface area contributed by atoms with Crippen LogP contribution >= 0.6 is 0 Å². The zero-order valence-corrected chi connectivity index (χ0v) is 8.47. The predicted molar refractivity (Wildman–Crippen MR) is 51.0 cm³/mol. The van der Waals surface area contributed by atoms with E-state index in [1.54, 1.807) is 0 Å². The lowest BCUT2D eigenvalue weighted by Crippen LogP contribution is -2.47. The van der Waals surface area contributed by atoms with Crippen molar-refractivity contribution in [2.45, 2.75) is 51.7 Å². The summed E-state index contributed by atoms with van der Waals surface area (Å²) in [5.41, 5.74) is 6.21. The van der Waals surface area contributed by atoms with Gasteiger partial charge in [-0.1, -0.05) is 20.3 Å². The molecule has 1 aliphatic rings. The van der Waals surface area contributed by atoms with Crippen molar-refractivity contribution in [3.05, 3.63) is 0 Å².